The molecule has 0 unspecified atom stereocenters. The maximum atomic E-state index is 12.8. The first-order valence-electron chi connectivity index (χ1n) is 6.59. The molecule has 0 aliphatic rings. The minimum Gasteiger partial charge on any atom is -0.456 e. The highest BCUT2D eigenvalue weighted by molar-refractivity contribution is 7.09. The predicted molar refractivity (Wildman–Crippen MR) is 75.5 cm³/mol. The third-order valence-corrected chi connectivity index (χ3v) is 4.08. The van der Waals surface area contributed by atoms with Crippen molar-refractivity contribution in [2.45, 2.75) is 39.4 Å². The Bertz CT molecular complexity index is 661. The fraction of sp³-hybridized carbons (Fsp3) is 0.429. The van der Waals surface area contributed by atoms with Gasteiger partial charge in [0.1, 0.15) is 5.76 Å². The number of carbonyl (C=O) groups is 1. The van der Waals surface area contributed by atoms with E-state index in [4.69, 9.17) is 0 Å². The highest BCUT2D eigenvalue weighted by Gasteiger charge is 2.37. The Kier molecular flexibility index (Phi) is 4.90. The maximum absolute atomic E-state index is 12.8. The minimum atomic E-state index is -4.56. The molecule has 1 amide bonds. The summed E-state index contributed by atoms with van der Waals surface area (Å²) in [4.78, 5) is 16.8. The lowest BCUT2D eigenvalue weighted by Crippen LogP contribution is -2.24. The molecule has 0 saturated carbocycles. The smallest absolute Gasteiger partial charge is 0.449 e. The fourth-order valence-corrected chi connectivity index (χ4v) is 2.79. The Morgan fingerprint density at radius 1 is 1.41 bits per heavy atom. The Labute approximate surface area is 129 Å². The Morgan fingerprint density at radius 2 is 2.14 bits per heavy atom. The van der Waals surface area contributed by atoms with E-state index in [1.165, 1.54) is 24.3 Å². The second-order valence-corrected chi connectivity index (χ2v) is 5.79. The standard InChI is InChI=1S/C14H15F3N2O2S/c1-8-5-10(13(21-8)14(15,16)17)6-18-12(20)4-3-11-9(2)19-7-22-11/h5,7H,3-4,6H2,1-2H3,(H,18,20). The number of nitrogens with zero attached hydrogens (tertiary/aromatic N) is 1. The molecule has 0 fully saturated rings. The van der Waals surface area contributed by atoms with Crippen molar-refractivity contribution in [3.63, 3.8) is 0 Å². The molecule has 2 heterocycles. The molecular weight excluding hydrogens is 317 g/mol. The van der Waals surface area contributed by atoms with Crippen LogP contribution in [0.15, 0.2) is 16.0 Å². The number of thiazole rings is 1. The van der Waals surface area contributed by atoms with Gasteiger partial charge in [0.15, 0.2) is 0 Å². The van der Waals surface area contributed by atoms with E-state index in [1.807, 2.05) is 6.92 Å². The summed E-state index contributed by atoms with van der Waals surface area (Å²) in [7, 11) is 0. The number of rotatable bonds is 5. The van der Waals surface area contributed by atoms with Gasteiger partial charge in [-0.1, -0.05) is 0 Å². The van der Waals surface area contributed by atoms with Crippen molar-refractivity contribution >= 4 is 17.2 Å². The summed E-state index contributed by atoms with van der Waals surface area (Å²) in [6, 6.07) is 1.29. The summed E-state index contributed by atoms with van der Waals surface area (Å²) in [6.07, 6.45) is -3.83. The first kappa shape index (κ1) is 16.5. The quantitative estimate of drug-likeness (QED) is 0.910. The van der Waals surface area contributed by atoms with Crippen LogP contribution in [0.3, 0.4) is 0 Å². The Balaban J connectivity index is 1.90. The number of aromatic nitrogens is 1. The van der Waals surface area contributed by atoms with E-state index < -0.39 is 11.9 Å². The van der Waals surface area contributed by atoms with Crippen molar-refractivity contribution in [2.24, 2.45) is 0 Å². The van der Waals surface area contributed by atoms with Gasteiger partial charge in [-0.3, -0.25) is 4.79 Å². The van der Waals surface area contributed by atoms with Crippen LogP contribution in [0.4, 0.5) is 13.2 Å². The fourth-order valence-electron chi connectivity index (χ4n) is 2.01. The molecule has 0 bridgehead atoms. The molecule has 0 aromatic carbocycles. The second-order valence-electron chi connectivity index (χ2n) is 4.85. The number of nitrogens with one attached hydrogen (secondary N) is 1. The van der Waals surface area contributed by atoms with Crippen LogP contribution in [-0.4, -0.2) is 10.9 Å². The van der Waals surface area contributed by atoms with Gasteiger partial charge in [0, 0.05) is 23.4 Å². The number of aryl methyl sites for hydroxylation is 3. The number of alkyl halides is 3. The van der Waals surface area contributed by atoms with E-state index in [9.17, 15) is 18.0 Å². The van der Waals surface area contributed by atoms with Crippen LogP contribution in [-0.2, 0) is 23.9 Å². The zero-order valence-corrected chi connectivity index (χ0v) is 12.9. The van der Waals surface area contributed by atoms with Gasteiger partial charge >= 0.3 is 6.18 Å². The summed E-state index contributed by atoms with van der Waals surface area (Å²) in [6.45, 7) is 3.09. The van der Waals surface area contributed by atoms with Gasteiger partial charge in [-0.15, -0.1) is 11.3 Å². The molecular formula is C14H15F3N2O2S. The van der Waals surface area contributed by atoms with E-state index >= 15 is 0 Å². The van der Waals surface area contributed by atoms with Crippen molar-refractivity contribution in [1.82, 2.24) is 10.3 Å². The van der Waals surface area contributed by atoms with Gasteiger partial charge in [-0.2, -0.15) is 13.2 Å². The Morgan fingerprint density at radius 3 is 2.73 bits per heavy atom. The highest BCUT2D eigenvalue weighted by Crippen LogP contribution is 2.33. The van der Waals surface area contributed by atoms with Crippen LogP contribution >= 0.6 is 11.3 Å². The first-order chi connectivity index (χ1) is 10.3. The van der Waals surface area contributed by atoms with Crippen LogP contribution in [0, 0.1) is 13.8 Å². The normalized spacial score (nSPS) is 11.7. The molecule has 8 heteroatoms. The van der Waals surface area contributed by atoms with Gasteiger partial charge in [0.2, 0.25) is 11.7 Å². The monoisotopic (exact) mass is 332 g/mol. The maximum Gasteiger partial charge on any atom is 0.449 e. The molecule has 2 rings (SSSR count). The molecule has 120 valence electrons. The van der Waals surface area contributed by atoms with Crippen LogP contribution in [0.1, 0.15) is 34.1 Å². The molecule has 0 aliphatic heterocycles. The minimum absolute atomic E-state index is 0.0627. The largest absolute Gasteiger partial charge is 0.456 e. The Hall–Kier alpha value is -1.83. The van der Waals surface area contributed by atoms with E-state index in [-0.39, 0.29) is 30.2 Å². The summed E-state index contributed by atoms with van der Waals surface area (Å²) >= 11 is 1.46. The highest BCUT2D eigenvalue weighted by atomic mass is 32.1. The first-order valence-corrected chi connectivity index (χ1v) is 7.47. The zero-order valence-electron chi connectivity index (χ0n) is 12.1. The molecule has 0 spiro atoms. The second kappa shape index (κ2) is 6.51. The average Bonchev–Trinajstić information content (AvgIpc) is 2.99. The van der Waals surface area contributed by atoms with Gasteiger partial charge in [-0.25, -0.2) is 4.98 Å². The average molecular weight is 332 g/mol. The number of halogens is 3. The molecule has 0 atom stereocenters. The molecule has 1 N–H and O–H groups in total. The summed E-state index contributed by atoms with van der Waals surface area (Å²) in [5, 5.41) is 2.49. The SMILES string of the molecule is Cc1cc(CNC(=O)CCc2scnc2C)c(C(F)(F)F)o1. The molecule has 4 nitrogen and oxygen atoms in total. The lowest BCUT2D eigenvalue weighted by molar-refractivity contribution is -0.154. The van der Waals surface area contributed by atoms with Crippen LogP contribution in [0.5, 0.6) is 0 Å². The van der Waals surface area contributed by atoms with E-state index in [1.54, 1.807) is 5.51 Å². The van der Waals surface area contributed by atoms with Gasteiger partial charge in [-0.05, 0) is 26.3 Å². The third kappa shape index (κ3) is 4.09. The van der Waals surface area contributed by atoms with Crippen molar-refractivity contribution in [3.05, 3.63) is 39.2 Å². The lowest BCUT2D eigenvalue weighted by atomic mass is 10.2. The predicted octanol–water partition coefficient (Wildman–Crippen LogP) is 3.62. The van der Waals surface area contributed by atoms with Crippen LogP contribution < -0.4 is 5.32 Å². The number of carbonyl (C=O) groups excluding carboxylic acids is 1. The van der Waals surface area contributed by atoms with Crippen molar-refractivity contribution in [1.29, 1.82) is 0 Å². The van der Waals surface area contributed by atoms with Gasteiger partial charge < -0.3 is 9.73 Å². The van der Waals surface area contributed by atoms with Crippen molar-refractivity contribution < 1.29 is 22.4 Å². The van der Waals surface area contributed by atoms with Gasteiger partial charge in [0.05, 0.1) is 11.2 Å². The molecule has 0 radical (unpaired) electrons. The topological polar surface area (TPSA) is 55.1 Å². The van der Waals surface area contributed by atoms with Gasteiger partial charge in [0.25, 0.3) is 0 Å². The van der Waals surface area contributed by atoms with Crippen LogP contribution in [0.2, 0.25) is 0 Å². The van der Waals surface area contributed by atoms with Crippen molar-refractivity contribution in [3.8, 4) is 0 Å². The summed E-state index contributed by atoms with van der Waals surface area (Å²) in [5.41, 5.74) is 2.52. The summed E-state index contributed by atoms with van der Waals surface area (Å²) in [5.74, 6) is -1.19. The molecule has 0 saturated heterocycles. The number of hydrogen-bond acceptors (Lipinski definition) is 4. The molecule has 22 heavy (non-hydrogen) atoms. The van der Waals surface area contributed by atoms with E-state index in [0.29, 0.717) is 6.42 Å². The zero-order chi connectivity index (χ0) is 16.3. The van der Waals surface area contributed by atoms with E-state index in [2.05, 4.69) is 14.7 Å². The number of furan rings is 1. The van der Waals surface area contributed by atoms with Crippen molar-refractivity contribution in [2.75, 3.05) is 0 Å². The third-order valence-electron chi connectivity index (χ3n) is 3.09. The molecule has 0 aliphatic carbocycles. The van der Waals surface area contributed by atoms with E-state index in [0.717, 1.165) is 10.6 Å². The lowest BCUT2D eigenvalue weighted by Gasteiger charge is -2.07. The number of amides is 1. The number of hydrogen-bond donors (Lipinski definition) is 1. The molecule has 2 aromatic heterocycles. The van der Waals surface area contributed by atoms with Crippen LogP contribution in [0.25, 0.3) is 0 Å². The summed E-state index contributed by atoms with van der Waals surface area (Å²) < 4.78 is 42.9. The molecule has 2 aromatic rings.